The van der Waals surface area contributed by atoms with Crippen LogP contribution in [0.4, 0.5) is 0 Å². The smallest absolute Gasteiger partial charge is 0.0417 e. The Balaban J connectivity index is 2.08. The summed E-state index contributed by atoms with van der Waals surface area (Å²) in [5.74, 6) is 1.18. The average molecular weight is 272 g/mol. The van der Waals surface area contributed by atoms with E-state index in [2.05, 4.69) is 25.2 Å². The third-order valence-corrected chi connectivity index (χ3v) is 3.96. The predicted octanol–water partition coefficient (Wildman–Crippen LogP) is 4.60. The topological polar surface area (TPSA) is 12.0 Å². The molecule has 0 aliphatic heterocycles. The van der Waals surface area contributed by atoms with Crippen LogP contribution in [0.1, 0.15) is 33.1 Å². The van der Waals surface area contributed by atoms with Gasteiger partial charge in [0, 0.05) is 16.0 Å². The van der Waals surface area contributed by atoms with Crippen LogP contribution in [-0.4, -0.2) is 18.3 Å². The second-order valence-corrected chi connectivity index (χ2v) is 5.87. The van der Waals surface area contributed by atoms with Crippen molar-refractivity contribution in [2.45, 2.75) is 44.0 Å². The number of hydrogen-bond acceptors (Lipinski definition) is 2. The molecule has 17 heavy (non-hydrogen) atoms. The SMILES string of the molecule is CCNC(C)CCCCSc1cccc(Cl)c1. The van der Waals surface area contributed by atoms with E-state index in [0.717, 1.165) is 11.6 Å². The number of nitrogens with one attached hydrogen (secondary N) is 1. The van der Waals surface area contributed by atoms with Crippen molar-refractivity contribution in [2.75, 3.05) is 12.3 Å². The Labute approximate surface area is 114 Å². The first-order valence-corrected chi connectivity index (χ1v) is 7.70. The van der Waals surface area contributed by atoms with Gasteiger partial charge in [0.05, 0.1) is 0 Å². The van der Waals surface area contributed by atoms with E-state index in [0.29, 0.717) is 6.04 Å². The van der Waals surface area contributed by atoms with E-state index in [1.54, 1.807) is 0 Å². The van der Waals surface area contributed by atoms with Gasteiger partial charge in [0.2, 0.25) is 0 Å². The van der Waals surface area contributed by atoms with Crippen molar-refractivity contribution in [1.29, 1.82) is 0 Å². The van der Waals surface area contributed by atoms with Crippen molar-refractivity contribution in [3.8, 4) is 0 Å². The molecule has 96 valence electrons. The molecule has 0 aromatic heterocycles. The van der Waals surface area contributed by atoms with Crippen LogP contribution in [0.3, 0.4) is 0 Å². The fourth-order valence-electron chi connectivity index (χ4n) is 1.75. The maximum Gasteiger partial charge on any atom is 0.0417 e. The van der Waals surface area contributed by atoms with Gasteiger partial charge in [0.25, 0.3) is 0 Å². The zero-order chi connectivity index (χ0) is 12.5. The number of thioether (sulfide) groups is 1. The second kappa shape index (κ2) is 8.84. The lowest BCUT2D eigenvalue weighted by atomic mass is 10.1. The summed E-state index contributed by atoms with van der Waals surface area (Å²) in [4.78, 5) is 1.28. The molecule has 1 rings (SSSR count). The highest BCUT2D eigenvalue weighted by atomic mass is 35.5. The largest absolute Gasteiger partial charge is 0.315 e. The van der Waals surface area contributed by atoms with Gasteiger partial charge in [-0.15, -0.1) is 11.8 Å². The van der Waals surface area contributed by atoms with Crippen LogP contribution in [0.2, 0.25) is 5.02 Å². The van der Waals surface area contributed by atoms with E-state index in [9.17, 15) is 0 Å². The number of hydrogen-bond donors (Lipinski definition) is 1. The highest BCUT2D eigenvalue weighted by Gasteiger charge is 1.99. The molecule has 1 unspecified atom stereocenters. The van der Waals surface area contributed by atoms with Gasteiger partial charge in [-0.05, 0) is 50.3 Å². The molecule has 0 bridgehead atoms. The fraction of sp³-hybridized carbons (Fsp3) is 0.571. The third kappa shape index (κ3) is 6.97. The van der Waals surface area contributed by atoms with Gasteiger partial charge >= 0.3 is 0 Å². The molecule has 0 saturated carbocycles. The molecule has 1 aromatic carbocycles. The fourth-order valence-corrected chi connectivity index (χ4v) is 2.97. The number of halogens is 1. The molecule has 0 fully saturated rings. The Bertz CT molecular complexity index is 317. The van der Waals surface area contributed by atoms with Crippen molar-refractivity contribution in [2.24, 2.45) is 0 Å². The van der Waals surface area contributed by atoms with Crippen molar-refractivity contribution in [3.05, 3.63) is 29.3 Å². The maximum atomic E-state index is 5.94. The molecule has 0 amide bonds. The van der Waals surface area contributed by atoms with E-state index in [1.807, 2.05) is 30.0 Å². The Morgan fingerprint density at radius 1 is 1.35 bits per heavy atom. The Kier molecular flexibility index (Phi) is 7.74. The molecule has 1 N–H and O–H groups in total. The van der Waals surface area contributed by atoms with E-state index in [4.69, 9.17) is 11.6 Å². The first-order valence-electron chi connectivity index (χ1n) is 6.34. The molecule has 1 aromatic rings. The van der Waals surface area contributed by atoms with Crippen molar-refractivity contribution in [3.63, 3.8) is 0 Å². The molecule has 3 heteroatoms. The lowest BCUT2D eigenvalue weighted by Gasteiger charge is -2.11. The minimum Gasteiger partial charge on any atom is -0.315 e. The summed E-state index contributed by atoms with van der Waals surface area (Å²) >= 11 is 7.83. The lowest BCUT2D eigenvalue weighted by Crippen LogP contribution is -2.25. The highest BCUT2D eigenvalue weighted by Crippen LogP contribution is 2.22. The Morgan fingerprint density at radius 2 is 2.18 bits per heavy atom. The lowest BCUT2D eigenvalue weighted by molar-refractivity contribution is 0.510. The number of unbranched alkanes of at least 4 members (excludes halogenated alkanes) is 1. The van der Waals surface area contributed by atoms with Crippen LogP contribution in [-0.2, 0) is 0 Å². The maximum absolute atomic E-state index is 5.94. The summed E-state index contributed by atoms with van der Waals surface area (Å²) in [5.41, 5.74) is 0. The third-order valence-electron chi connectivity index (χ3n) is 2.65. The summed E-state index contributed by atoms with van der Waals surface area (Å²) in [6.45, 7) is 5.48. The quantitative estimate of drug-likeness (QED) is 0.548. The summed E-state index contributed by atoms with van der Waals surface area (Å²) in [6, 6.07) is 8.74. The minimum atomic E-state index is 0.649. The van der Waals surface area contributed by atoms with E-state index in [-0.39, 0.29) is 0 Å². The van der Waals surface area contributed by atoms with Gasteiger partial charge < -0.3 is 5.32 Å². The van der Waals surface area contributed by atoms with Crippen molar-refractivity contribution < 1.29 is 0 Å². The molecule has 0 aliphatic carbocycles. The zero-order valence-electron chi connectivity index (χ0n) is 10.7. The van der Waals surface area contributed by atoms with Gasteiger partial charge in [-0.25, -0.2) is 0 Å². The van der Waals surface area contributed by atoms with Gasteiger partial charge in [0.15, 0.2) is 0 Å². The van der Waals surface area contributed by atoms with E-state index in [1.165, 1.54) is 29.9 Å². The van der Waals surface area contributed by atoms with Gasteiger partial charge in [-0.1, -0.05) is 31.0 Å². The van der Waals surface area contributed by atoms with E-state index < -0.39 is 0 Å². The van der Waals surface area contributed by atoms with Crippen LogP contribution in [0.5, 0.6) is 0 Å². The number of rotatable bonds is 8. The standard InChI is InChI=1S/C14H22ClNS/c1-3-16-12(2)7-4-5-10-17-14-9-6-8-13(15)11-14/h6,8-9,11-12,16H,3-5,7,10H2,1-2H3. The molecular weight excluding hydrogens is 250 g/mol. The summed E-state index contributed by atoms with van der Waals surface area (Å²) in [6.07, 6.45) is 3.83. The normalized spacial score (nSPS) is 12.6. The summed E-state index contributed by atoms with van der Waals surface area (Å²) in [7, 11) is 0. The molecule has 0 heterocycles. The van der Waals surface area contributed by atoms with E-state index >= 15 is 0 Å². The molecule has 0 spiro atoms. The highest BCUT2D eigenvalue weighted by molar-refractivity contribution is 7.99. The van der Waals surface area contributed by atoms with Crippen molar-refractivity contribution in [1.82, 2.24) is 5.32 Å². The molecule has 0 radical (unpaired) electrons. The van der Waals surface area contributed by atoms with Crippen LogP contribution >= 0.6 is 23.4 Å². The molecular formula is C14H22ClNS. The predicted molar refractivity (Wildman–Crippen MR) is 79.2 cm³/mol. The van der Waals surface area contributed by atoms with Crippen LogP contribution in [0.25, 0.3) is 0 Å². The Morgan fingerprint density at radius 3 is 2.88 bits per heavy atom. The molecule has 1 nitrogen and oxygen atoms in total. The molecule has 0 aliphatic rings. The summed E-state index contributed by atoms with van der Waals surface area (Å²) < 4.78 is 0. The first kappa shape index (κ1) is 14.9. The van der Waals surface area contributed by atoms with Crippen molar-refractivity contribution >= 4 is 23.4 Å². The monoisotopic (exact) mass is 271 g/mol. The summed E-state index contributed by atoms with van der Waals surface area (Å²) in [5, 5.41) is 4.27. The first-order chi connectivity index (χ1) is 8.22. The van der Waals surface area contributed by atoms with Crippen LogP contribution < -0.4 is 5.32 Å². The van der Waals surface area contributed by atoms with Gasteiger partial charge in [-0.2, -0.15) is 0 Å². The molecule has 1 atom stereocenters. The Hall–Kier alpha value is -0.180. The average Bonchev–Trinajstić information content (AvgIpc) is 2.29. The number of benzene rings is 1. The zero-order valence-corrected chi connectivity index (χ0v) is 12.3. The minimum absolute atomic E-state index is 0.649. The second-order valence-electron chi connectivity index (χ2n) is 4.26. The van der Waals surface area contributed by atoms with Crippen LogP contribution in [0.15, 0.2) is 29.2 Å². The molecule has 0 saturated heterocycles. The van der Waals surface area contributed by atoms with Gasteiger partial charge in [0.1, 0.15) is 0 Å². The van der Waals surface area contributed by atoms with Crippen LogP contribution in [0, 0.1) is 0 Å². The van der Waals surface area contributed by atoms with Gasteiger partial charge in [-0.3, -0.25) is 0 Å².